The van der Waals surface area contributed by atoms with E-state index in [0.29, 0.717) is 6.54 Å². The van der Waals surface area contributed by atoms with Crippen LogP contribution in [0.4, 0.5) is 0 Å². The molecule has 0 saturated heterocycles. The van der Waals surface area contributed by atoms with Crippen LogP contribution in [0, 0.1) is 11.3 Å². The largest absolute Gasteiger partial charge is 0.353 e. The van der Waals surface area contributed by atoms with E-state index in [2.05, 4.69) is 26.1 Å². The lowest BCUT2D eigenvalue weighted by molar-refractivity contribution is -0.130. The van der Waals surface area contributed by atoms with Crippen molar-refractivity contribution in [2.24, 2.45) is 17.1 Å². The highest BCUT2D eigenvalue weighted by molar-refractivity contribution is 5.82. The average Bonchev–Trinajstić information content (AvgIpc) is 2.27. The van der Waals surface area contributed by atoms with Crippen molar-refractivity contribution in [3.8, 4) is 0 Å². The molecule has 2 atom stereocenters. The highest BCUT2D eigenvalue weighted by Crippen LogP contribution is 2.19. The molecule has 0 spiro atoms. The quantitative estimate of drug-likeness (QED) is 0.687. The lowest BCUT2D eigenvalue weighted by Gasteiger charge is -2.27. The summed E-state index contributed by atoms with van der Waals surface area (Å²) in [6.07, 6.45) is 4.23. The number of nitrogens with two attached hydrogens (primary N) is 1. The van der Waals surface area contributed by atoms with Crippen molar-refractivity contribution < 1.29 is 4.79 Å². The SMILES string of the molecule is CCC(C)(CN)C(=O)NC(C)CCCC(C)C. The molecule has 102 valence electrons. The third-order valence-electron chi connectivity index (χ3n) is 3.58. The van der Waals surface area contributed by atoms with Crippen LogP contribution in [-0.2, 0) is 4.79 Å². The molecule has 17 heavy (non-hydrogen) atoms. The average molecular weight is 242 g/mol. The van der Waals surface area contributed by atoms with E-state index in [1.807, 2.05) is 13.8 Å². The summed E-state index contributed by atoms with van der Waals surface area (Å²) in [5, 5.41) is 3.08. The van der Waals surface area contributed by atoms with Crippen LogP contribution in [0.1, 0.15) is 60.3 Å². The number of carbonyl (C=O) groups is 1. The molecule has 0 aromatic heterocycles. The molecule has 0 aromatic rings. The lowest BCUT2D eigenvalue weighted by Crippen LogP contribution is -2.46. The second-order valence-corrected chi connectivity index (χ2v) is 5.82. The van der Waals surface area contributed by atoms with Crippen LogP contribution in [0.15, 0.2) is 0 Å². The minimum atomic E-state index is -0.410. The Bertz CT molecular complexity index is 222. The molecule has 0 aliphatic rings. The van der Waals surface area contributed by atoms with Crippen LogP contribution in [0.3, 0.4) is 0 Å². The Hall–Kier alpha value is -0.570. The van der Waals surface area contributed by atoms with E-state index in [4.69, 9.17) is 5.73 Å². The van der Waals surface area contributed by atoms with Crippen LogP contribution >= 0.6 is 0 Å². The van der Waals surface area contributed by atoms with Crippen LogP contribution < -0.4 is 11.1 Å². The fraction of sp³-hybridized carbons (Fsp3) is 0.929. The maximum atomic E-state index is 12.0. The normalized spacial score (nSPS) is 16.6. The molecule has 1 amide bonds. The summed E-state index contributed by atoms with van der Waals surface area (Å²) in [5.74, 6) is 0.836. The maximum Gasteiger partial charge on any atom is 0.227 e. The van der Waals surface area contributed by atoms with Gasteiger partial charge in [-0.05, 0) is 32.6 Å². The maximum absolute atomic E-state index is 12.0. The van der Waals surface area contributed by atoms with Crippen molar-refractivity contribution >= 4 is 5.91 Å². The first-order valence-electron chi connectivity index (χ1n) is 6.86. The minimum absolute atomic E-state index is 0.0968. The smallest absolute Gasteiger partial charge is 0.227 e. The molecule has 0 bridgehead atoms. The topological polar surface area (TPSA) is 55.1 Å². The summed E-state index contributed by atoms with van der Waals surface area (Å²) in [7, 11) is 0. The van der Waals surface area contributed by atoms with Gasteiger partial charge in [0.15, 0.2) is 0 Å². The third kappa shape index (κ3) is 6.06. The van der Waals surface area contributed by atoms with E-state index in [-0.39, 0.29) is 11.9 Å². The fourth-order valence-electron chi connectivity index (χ4n) is 1.70. The van der Waals surface area contributed by atoms with Crippen LogP contribution in [0.2, 0.25) is 0 Å². The van der Waals surface area contributed by atoms with E-state index >= 15 is 0 Å². The summed E-state index contributed by atoms with van der Waals surface area (Å²) in [6, 6.07) is 0.249. The van der Waals surface area contributed by atoms with E-state index in [9.17, 15) is 4.79 Å². The molecule has 0 saturated carbocycles. The van der Waals surface area contributed by atoms with Gasteiger partial charge >= 0.3 is 0 Å². The van der Waals surface area contributed by atoms with Gasteiger partial charge in [0.1, 0.15) is 0 Å². The highest BCUT2D eigenvalue weighted by atomic mass is 16.2. The molecule has 0 heterocycles. The molecule has 3 N–H and O–H groups in total. The number of hydrogen-bond donors (Lipinski definition) is 2. The zero-order chi connectivity index (χ0) is 13.5. The Kier molecular flexibility index (Phi) is 7.44. The van der Waals surface area contributed by atoms with Crippen molar-refractivity contribution in [1.82, 2.24) is 5.32 Å². The summed E-state index contributed by atoms with van der Waals surface area (Å²) < 4.78 is 0. The molecule has 0 fully saturated rings. The Morgan fingerprint density at radius 1 is 1.29 bits per heavy atom. The predicted octanol–water partition coefficient (Wildman–Crippen LogP) is 2.69. The highest BCUT2D eigenvalue weighted by Gasteiger charge is 2.30. The Morgan fingerprint density at radius 2 is 1.88 bits per heavy atom. The standard InChI is InChI=1S/C14H30N2O/c1-6-14(5,10-15)13(17)16-12(4)9-7-8-11(2)3/h11-12H,6-10,15H2,1-5H3,(H,16,17). The third-order valence-corrected chi connectivity index (χ3v) is 3.58. The van der Waals surface area contributed by atoms with Crippen molar-refractivity contribution in [3.05, 3.63) is 0 Å². The van der Waals surface area contributed by atoms with Gasteiger partial charge in [0.05, 0.1) is 5.41 Å². The van der Waals surface area contributed by atoms with Crippen molar-refractivity contribution in [2.45, 2.75) is 66.3 Å². The summed E-state index contributed by atoms with van der Waals surface area (Å²) in [4.78, 5) is 12.0. The Morgan fingerprint density at radius 3 is 2.29 bits per heavy atom. The number of nitrogens with one attached hydrogen (secondary N) is 1. The van der Waals surface area contributed by atoms with Gasteiger partial charge in [-0.2, -0.15) is 0 Å². The first kappa shape index (κ1) is 16.4. The van der Waals surface area contributed by atoms with E-state index < -0.39 is 5.41 Å². The number of carbonyl (C=O) groups excluding carboxylic acids is 1. The molecule has 0 rings (SSSR count). The first-order valence-corrected chi connectivity index (χ1v) is 6.86. The van der Waals surface area contributed by atoms with Gasteiger partial charge in [-0.15, -0.1) is 0 Å². The molecular formula is C14H30N2O. The van der Waals surface area contributed by atoms with Gasteiger partial charge in [-0.25, -0.2) is 0 Å². The zero-order valence-corrected chi connectivity index (χ0v) is 12.2. The van der Waals surface area contributed by atoms with Gasteiger partial charge in [0.2, 0.25) is 5.91 Å². The fourth-order valence-corrected chi connectivity index (χ4v) is 1.70. The van der Waals surface area contributed by atoms with Gasteiger partial charge in [0.25, 0.3) is 0 Å². The van der Waals surface area contributed by atoms with Crippen molar-refractivity contribution in [2.75, 3.05) is 6.54 Å². The number of hydrogen-bond acceptors (Lipinski definition) is 2. The molecule has 0 radical (unpaired) electrons. The second kappa shape index (κ2) is 7.70. The second-order valence-electron chi connectivity index (χ2n) is 5.82. The molecule has 0 aromatic carbocycles. The van der Waals surface area contributed by atoms with Crippen LogP contribution in [0.25, 0.3) is 0 Å². The summed E-state index contributed by atoms with van der Waals surface area (Å²) in [5.41, 5.74) is 5.26. The molecule has 2 unspecified atom stereocenters. The van der Waals surface area contributed by atoms with Crippen LogP contribution in [-0.4, -0.2) is 18.5 Å². The molecule has 0 aliphatic heterocycles. The first-order chi connectivity index (χ1) is 7.85. The Balaban J connectivity index is 4.03. The lowest BCUT2D eigenvalue weighted by atomic mass is 9.86. The van der Waals surface area contributed by atoms with Crippen molar-refractivity contribution in [1.29, 1.82) is 0 Å². The Labute approximate surface area is 107 Å². The molecule has 3 heteroatoms. The number of rotatable bonds is 8. The van der Waals surface area contributed by atoms with Gasteiger partial charge in [-0.1, -0.05) is 33.6 Å². The van der Waals surface area contributed by atoms with Crippen LogP contribution in [0.5, 0.6) is 0 Å². The van der Waals surface area contributed by atoms with Gasteiger partial charge in [-0.3, -0.25) is 4.79 Å². The van der Waals surface area contributed by atoms with E-state index in [1.165, 1.54) is 12.8 Å². The minimum Gasteiger partial charge on any atom is -0.353 e. The predicted molar refractivity (Wildman–Crippen MR) is 73.7 cm³/mol. The molecular weight excluding hydrogens is 212 g/mol. The molecule has 3 nitrogen and oxygen atoms in total. The van der Waals surface area contributed by atoms with Crippen molar-refractivity contribution in [3.63, 3.8) is 0 Å². The molecule has 0 aliphatic carbocycles. The summed E-state index contributed by atoms with van der Waals surface area (Å²) >= 11 is 0. The van der Waals surface area contributed by atoms with E-state index in [0.717, 1.165) is 18.8 Å². The van der Waals surface area contributed by atoms with Gasteiger partial charge < -0.3 is 11.1 Å². The van der Waals surface area contributed by atoms with E-state index in [1.54, 1.807) is 0 Å². The van der Waals surface area contributed by atoms with Gasteiger partial charge in [0, 0.05) is 12.6 Å². The zero-order valence-electron chi connectivity index (χ0n) is 12.2. The summed E-state index contributed by atoms with van der Waals surface area (Å²) in [6.45, 7) is 10.9. The number of amides is 1. The monoisotopic (exact) mass is 242 g/mol.